The van der Waals surface area contributed by atoms with Crippen LogP contribution in [-0.2, 0) is 4.79 Å². The summed E-state index contributed by atoms with van der Waals surface area (Å²) in [5.74, 6) is -2.64. The van der Waals surface area contributed by atoms with E-state index in [0.717, 1.165) is 32.5 Å². The number of furan rings is 1. The molecule has 1 N–H and O–H groups in total. The number of carboxylic acids is 1. The predicted octanol–water partition coefficient (Wildman–Crippen LogP) is 3.00. The molecule has 0 atom stereocenters. The molecular formula is C17H23F3N2O4. The summed E-state index contributed by atoms with van der Waals surface area (Å²) in [6.07, 6.45) is 2.86. The zero-order valence-electron chi connectivity index (χ0n) is 14.6. The van der Waals surface area contributed by atoms with Crippen LogP contribution in [0.3, 0.4) is 0 Å². The van der Waals surface area contributed by atoms with E-state index in [1.807, 2.05) is 4.90 Å². The first kappa shape index (κ1) is 20.3. The molecule has 2 fully saturated rings. The quantitative estimate of drug-likeness (QED) is 0.859. The molecule has 0 aliphatic carbocycles. The summed E-state index contributed by atoms with van der Waals surface area (Å²) in [6, 6.07) is 1.75. The number of carbonyl (C=O) groups is 2. The number of piperidine rings is 1. The first-order valence-corrected chi connectivity index (χ1v) is 8.56. The summed E-state index contributed by atoms with van der Waals surface area (Å²) in [7, 11) is 0. The zero-order chi connectivity index (χ0) is 19.4. The molecule has 0 saturated carbocycles. The molecule has 146 valence electrons. The molecule has 1 aromatic heterocycles. The zero-order valence-corrected chi connectivity index (χ0v) is 14.6. The second-order valence-corrected chi connectivity index (χ2v) is 6.51. The van der Waals surface area contributed by atoms with Gasteiger partial charge in [-0.05, 0) is 44.8 Å². The van der Waals surface area contributed by atoms with Crippen molar-refractivity contribution in [2.24, 2.45) is 0 Å². The maximum atomic E-state index is 12.3. The van der Waals surface area contributed by atoms with Crippen LogP contribution in [0.2, 0.25) is 0 Å². The van der Waals surface area contributed by atoms with E-state index in [1.54, 1.807) is 18.6 Å². The van der Waals surface area contributed by atoms with Gasteiger partial charge in [0.2, 0.25) is 0 Å². The summed E-state index contributed by atoms with van der Waals surface area (Å²) >= 11 is 0. The lowest BCUT2D eigenvalue weighted by atomic mass is 9.85. The van der Waals surface area contributed by atoms with Crippen LogP contribution >= 0.6 is 0 Å². The number of alkyl halides is 3. The molecule has 0 unspecified atom stereocenters. The number of carbonyl (C=O) groups excluding carboxylic acids is 1. The van der Waals surface area contributed by atoms with E-state index in [-0.39, 0.29) is 5.91 Å². The Morgan fingerprint density at radius 2 is 1.85 bits per heavy atom. The van der Waals surface area contributed by atoms with Gasteiger partial charge in [-0.1, -0.05) is 6.92 Å². The van der Waals surface area contributed by atoms with E-state index in [9.17, 15) is 18.0 Å². The molecule has 2 aliphatic heterocycles. The van der Waals surface area contributed by atoms with Gasteiger partial charge in [0.15, 0.2) is 0 Å². The summed E-state index contributed by atoms with van der Waals surface area (Å²) in [4.78, 5) is 25.8. The van der Waals surface area contributed by atoms with E-state index < -0.39 is 12.1 Å². The molecule has 9 heteroatoms. The van der Waals surface area contributed by atoms with Crippen molar-refractivity contribution in [1.29, 1.82) is 0 Å². The first-order valence-electron chi connectivity index (χ1n) is 8.56. The van der Waals surface area contributed by atoms with Crippen molar-refractivity contribution in [3.63, 3.8) is 0 Å². The number of likely N-dealkylation sites (tertiary alicyclic amines) is 2. The minimum atomic E-state index is -5.08. The van der Waals surface area contributed by atoms with Crippen molar-refractivity contribution in [1.82, 2.24) is 9.80 Å². The maximum Gasteiger partial charge on any atom is 0.490 e. The normalized spacial score (nSPS) is 19.9. The monoisotopic (exact) mass is 376 g/mol. The van der Waals surface area contributed by atoms with Gasteiger partial charge in [-0.3, -0.25) is 9.69 Å². The molecule has 1 amide bonds. The Kier molecular flexibility index (Phi) is 6.33. The third kappa shape index (κ3) is 4.57. The highest BCUT2D eigenvalue weighted by Crippen LogP contribution is 2.38. The Bertz CT molecular complexity index is 608. The van der Waals surface area contributed by atoms with Gasteiger partial charge in [-0.2, -0.15) is 13.2 Å². The summed E-state index contributed by atoms with van der Waals surface area (Å²) in [5, 5.41) is 7.12. The van der Waals surface area contributed by atoms with Gasteiger partial charge in [0.05, 0.1) is 11.8 Å². The van der Waals surface area contributed by atoms with E-state index >= 15 is 0 Å². The first-order chi connectivity index (χ1) is 12.2. The van der Waals surface area contributed by atoms with Crippen molar-refractivity contribution >= 4 is 11.9 Å². The van der Waals surface area contributed by atoms with E-state index in [1.165, 1.54) is 19.4 Å². The van der Waals surface area contributed by atoms with E-state index in [4.69, 9.17) is 14.3 Å². The molecule has 0 bridgehead atoms. The number of amides is 1. The highest BCUT2D eigenvalue weighted by atomic mass is 19.4. The van der Waals surface area contributed by atoms with Crippen molar-refractivity contribution in [3.05, 3.63) is 24.2 Å². The number of halogens is 3. The second-order valence-electron chi connectivity index (χ2n) is 6.51. The average Bonchev–Trinajstić information content (AvgIpc) is 3.25. The summed E-state index contributed by atoms with van der Waals surface area (Å²) < 4.78 is 36.7. The lowest BCUT2D eigenvalue weighted by molar-refractivity contribution is -0.192. The number of aliphatic carboxylic acids is 1. The molecular weight excluding hydrogens is 353 g/mol. The van der Waals surface area contributed by atoms with Crippen LogP contribution < -0.4 is 0 Å². The number of carboxylic acid groups (broad SMARTS) is 1. The third-order valence-corrected chi connectivity index (χ3v) is 5.11. The number of hydrogen-bond acceptors (Lipinski definition) is 4. The van der Waals surface area contributed by atoms with Crippen LogP contribution in [0.25, 0.3) is 0 Å². The average molecular weight is 376 g/mol. The van der Waals surface area contributed by atoms with Gasteiger partial charge in [0.1, 0.15) is 6.26 Å². The SMILES string of the molecule is CCN1CCCC12CCN(C(=O)c1ccoc1)CC2.O=C(O)C(F)(F)F. The highest BCUT2D eigenvalue weighted by Gasteiger charge is 2.43. The van der Waals surface area contributed by atoms with Gasteiger partial charge in [-0.15, -0.1) is 0 Å². The van der Waals surface area contributed by atoms with Crippen LogP contribution in [0, 0.1) is 0 Å². The Hall–Kier alpha value is -2.03. The molecule has 1 aromatic rings. The van der Waals surface area contributed by atoms with Gasteiger partial charge >= 0.3 is 12.1 Å². The Labute approximate surface area is 149 Å². The van der Waals surface area contributed by atoms with E-state index in [0.29, 0.717) is 11.1 Å². The van der Waals surface area contributed by atoms with Crippen molar-refractivity contribution in [2.75, 3.05) is 26.2 Å². The Balaban J connectivity index is 0.000000298. The number of rotatable bonds is 2. The van der Waals surface area contributed by atoms with Crippen LogP contribution in [0.4, 0.5) is 13.2 Å². The molecule has 1 spiro atoms. The topological polar surface area (TPSA) is 74.0 Å². The molecule has 2 aliphatic rings. The highest BCUT2D eigenvalue weighted by molar-refractivity contribution is 5.93. The van der Waals surface area contributed by atoms with Gasteiger partial charge in [-0.25, -0.2) is 4.79 Å². The van der Waals surface area contributed by atoms with Crippen molar-refractivity contribution in [3.8, 4) is 0 Å². The summed E-state index contributed by atoms with van der Waals surface area (Å²) in [6.45, 7) is 6.36. The fraction of sp³-hybridized carbons (Fsp3) is 0.647. The minimum Gasteiger partial charge on any atom is -0.475 e. The fourth-order valence-corrected chi connectivity index (χ4v) is 3.75. The standard InChI is InChI=1S/C15H22N2O2.C2HF3O2/c1-2-17-8-3-5-15(17)6-9-16(10-7-15)14(18)13-4-11-19-12-13;3-2(4,5)1(6)7/h4,11-12H,2-3,5-10H2,1H3;(H,6,7). The van der Waals surface area contributed by atoms with Gasteiger partial charge in [0.25, 0.3) is 5.91 Å². The molecule has 26 heavy (non-hydrogen) atoms. The Morgan fingerprint density at radius 1 is 1.23 bits per heavy atom. The lowest BCUT2D eigenvalue weighted by Gasteiger charge is -2.44. The largest absolute Gasteiger partial charge is 0.490 e. The fourth-order valence-electron chi connectivity index (χ4n) is 3.75. The van der Waals surface area contributed by atoms with Crippen LogP contribution in [0.5, 0.6) is 0 Å². The van der Waals surface area contributed by atoms with Gasteiger partial charge < -0.3 is 14.4 Å². The molecule has 0 radical (unpaired) electrons. The number of hydrogen-bond donors (Lipinski definition) is 1. The molecule has 3 rings (SSSR count). The molecule has 0 aromatic carbocycles. The molecule has 6 nitrogen and oxygen atoms in total. The predicted molar refractivity (Wildman–Crippen MR) is 86.7 cm³/mol. The van der Waals surface area contributed by atoms with Gasteiger partial charge in [0, 0.05) is 18.6 Å². The van der Waals surface area contributed by atoms with Crippen molar-refractivity contribution < 1.29 is 32.3 Å². The van der Waals surface area contributed by atoms with Crippen LogP contribution in [-0.4, -0.2) is 64.7 Å². The third-order valence-electron chi connectivity index (χ3n) is 5.11. The smallest absolute Gasteiger partial charge is 0.475 e. The van der Waals surface area contributed by atoms with Crippen LogP contribution in [0.15, 0.2) is 23.0 Å². The van der Waals surface area contributed by atoms with E-state index in [2.05, 4.69) is 11.8 Å². The second kappa shape index (κ2) is 8.11. The Morgan fingerprint density at radius 3 is 2.31 bits per heavy atom. The molecule has 3 heterocycles. The minimum absolute atomic E-state index is 0.115. The molecule has 2 saturated heterocycles. The lowest BCUT2D eigenvalue weighted by Crippen LogP contribution is -2.53. The number of nitrogens with zero attached hydrogens (tertiary/aromatic N) is 2. The summed E-state index contributed by atoms with van der Waals surface area (Å²) in [5.41, 5.74) is 1.05. The van der Waals surface area contributed by atoms with Crippen LogP contribution in [0.1, 0.15) is 43.0 Å². The maximum absolute atomic E-state index is 12.3. The van der Waals surface area contributed by atoms with Crippen molar-refractivity contribution in [2.45, 2.75) is 44.3 Å².